The minimum atomic E-state index is -0.333. The zero-order valence-corrected chi connectivity index (χ0v) is 12.4. The molecule has 0 saturated heterocycles. The minimum Gasteiger partial charge on any atom is -0.390 e. The van der Waals surface area contributed by atoms with Gasteiger partial charge in [-0.3, -0.25) is 0 Å². The van der Waals surface area contributed by atoms with Gasteiger partial charge in [0.15, 0.2) is 0 Å². The summed E-state index contributed by atoms with van der Waals surface area (Å²) in [6.45, 7) is 0.770. The van der Waals surface area contributed by atoms with Crippen molar-refractivity contribution in [3.63, 3.8) is 0 Å². The predicted molar refractivity (Wildman–Crippen MR) is 82.8 cm³/mol. The van der Waals surface area contributed by atoms with Crippen molar-refractivity contribution >= 4 is 0 Å². The van der Waals surface area contributed by atoms with Crippen LogP contribution in [0.3, 0.4) is 0 Å². The molecule has 0 bridgehead atoms. The normalized spacial score (nSPS) is 23.5. The van der Waals surface area contributed by atoms with Crippen molar-refractivity contribution in [2.75, 3.05) is 6.54 Å². The smallest absolute Gasteiger partial charge is 0.0653 e. The van der Waals surface area contributed by atoms with Gasteiger partial charge in [0.25, 0.3) is 0 Å². The van der Waals surface area contributed by atoms with Crippen LogP contribution in [0.2, 0.25) is 0 Å². The number of nitrogens with two attached hydrogens (primary N) is 1. The Morgan fingerprint density at radius 3 is 2.15 bits per heavy atom. The van der Waals surface area contributed by atoms with Crippen LogP contribution in [0.5, 0.6) is 0 Å². The van der Waals surface area contributed by atoms with E-state index in [0.29, 0.717) is 0 Å². The summed E-state index contributed by atoms with van der Waals surface area (Å²) in [6, 6.07) is 9.05. The largest absolute Gasteiger partial charge is 0.390 e. The second-order valence-corrected chi connectivity index (χ2v) is 6.97. The van der Waals surface area contributed by atoms with Gasteiger partial charge in [-0.25, -0.2) is 0 Å². The molecule has 0 spiro atoms. The highest BCUT2D eigenvalue weighted by Gasteiger charge is 2.39. The molecule has 0 amide bonds. The topological polar surface area (TPSA) is 46.2 Å². The fraction of sp³-hybridized carbons (Fsp3) is 0.667. The summed E-state index contributed by atoms with van der Waals surface area (Å²) in [7, 11) is 0. The Morgan fingerprint density at radius 2 is 1.60 bits per heavy atom. The molecule has 0 aliphatic heterocycles. The Morgan fingerprint density at radius 1 is 0.950 bits per heavy atom. The van der Waals surface area contributed by atoms with Gasteiger partial charge in [0.05, 0.1) is 5.60 Å². The third kappa shape index (κ3) is 2.91. The maximum Gasteiger partial charge on any atom is 0.0653 e. The molecule has 2 heteroatoms. The van der Waals surface area contributed by atoms with Crippen molar-refractivity contribution in [1.29, 1.82) is 0 Å². The molecule has 2 nitrogen and oxygen atoms in total. The second-order valence-electron chi connectivity index (χ2n) is 6.97. The van der Waals surface area contributed by atoms with E-state index in [4.69, 9.17) is 5.73 Å². The molecule has 1 aromatic rings. The first kappa shape index (κ1) is 14.1. The lowest BCUT2D eigenvalue weighted by atomic mass is 9.69. The number of aryl methyl sites for hydroxylation is 1. The molecule has 2 saturated carbocycles. The van der Waals surface area contributed by atoms with E-state index in [2.05, 4.69) is 24.3 Å². The molecule has 0 radical (unpaired) electrons. The summed E-state index contributed by atoms with van der Waals surface area (Å²) in [4.78, 5) is 0. The van der Waals surface area contributed by atoms with Crippen LogP contribution < -0.4 is 5.73 Å². The van der Waals surface area contributed by atoms with Crippen LogP contribution in [-0.4, -0.2) is 17.3 Å². The number of rotatable bonds is 5. The van der Waals surface area contributed by atoms with E-state index < -0.39 is 0 Å². The molecule has 3 N–H and O–H groups in total. The SMILES string of the molecule is NCC1(c2ccc(CCC3(O)CC3)cc2)CCCCC1. The number of hydrogen-bond donors (Lipinski definition) is 2. The van der Waals surface area contributed by atoms with Crippen LogP contribution in [-0.2, 0) is 11.8 Å². The predicted octanol–water partition coefficient (Wildman–Crippen LogP) is 3.30. The van der Waals surface area contributed by atoms with Gasteiger partial charge in [-0.15, -0.1) is 0 Å². The highest BCUT2D eigenvalue weighted by Crippen LogP contribution is 2.40. The molecule has 2 fully saturated rings. The van der Waals surface area contributed by atoms with Crippen LogP contribution in [0.25, 0.3) is 0 Å². The van der Waals surface area contributed by atoms with Crippen LogP contribution in [0.1, 0.15) is 62.5 Å². The minimum absolute atomic E-state index is 0.228. The Balaban J connectivity index is 1.67. The average molecular weight is 273 g/mol. The first-order valence-corrected chi connectivity index (χ1v) is 8.18. The Labute approximate surface area is 122 Å². The first-order chi connectivity index (χ1) is 9.66. The lowest BCUT2D eigenvalue weighted by molar-refractivity contribution is 0.140. The summed E-state index contributed by atoms with van der Waals surface area (Å²) in [5.41, 5.74) is 8.76. The summed E-state index contributed by atoms with van der Waals surface area (Å²) in [5, 5.41) is 9.91. The molecule has 3 rings (SSSR count). The fourth-order valence-corrected chi connectivity index (χ4v) is 3.64. The molecular formula is C18H27NO. The lowest BCUT2D eigenvalue weighted by Crippen LogP contribution is -2.37. The van der Waals surface area contributed by atoms with E-state index in [1.807, 2.05) is 0 Å². The molecule has 20 heavy (non-hydrogen) atoms. The summed E-state index contributed by atoms with van der Waals surface area (Å²) < 4.78 is 0. The van der Waals surface area contributed by atoms with Gasteiger partial charge in [-0.05, 0) is 49.7 Å². The van der Waals surface area contributed by atoms with E-state index >= 15 is 0 Å². The Bertz CT molecular complexity index is 441. The van der Waals surface area contributed by atoms with Crippen LogP contribution in [0.4, 0.5) is 0 Å². The van der Waals surface area contributed by atoms with E-state index in [-0.39, 0.29) is 11.0 Å². The van der Waals surface area contributed by atoms with E-state index in [9.17, 15) is 5.11 Å². The quantitative estimate of drug-likeness (QED) is 0.864. The van der Waals surface area contributed by atoms with Gasteiger partial charge in [0.2, 0.25) is 0 Å². The van der Waals surface area contributed by atoms with Gasteiger partial charge in [-0.2, -0.15) is 0 Å². The van der Waals surface area contributed by atoms with Crippen molar-refractivity contribution in [2.24, 2.45) is 5.73 Å². The molecule has 0 aromatic heterocycles. The summed E-state index contributed by atoms with van der Waals surface area (Å²) >= 11 is 0. The van der Waals surface area contributed by atoms with Gasteiger partial charge in [-0.1, -0.05) is 43.5 Å². The van der Waals surface area contributed by atoms with Crippen molar-refractivity contribution in [3.05, 3.63) is 35.4 Å². The molecule has 0 heterocycles. The number of benzene rings is 1. The molecule has 0 unspecified atom stereocenters. The molecule has 0 atom stereocenters. The van der Waals surface area contributed by atoms with Gasteiger partial charge < -0.3 is 10.8 Å². The van der Waals surface area contributed by atoms with Crippen LogP contribution >= 0.6 is 0 Å². The Hall–Kier alpha value is -0.860. The second kappa shape index (κ2) is 5.50. The average Bonchev–Trinajstić information content (AvgIpc) is 3.25. The standard InChI is InChI=1S/C18H27NO/c19-14-17(9-2-1-3-10-17)16-6-4-15(5-7-16)8-11-18(20)12-13-18/h4-7,20H,1-3,8-14,19H2. The number of hydrogen-bond acceptors (Lipinski definition) is 2. The van der Waals surface area contributed by atoms with Gasteiger partial charge >= 0.3 is 0 Å². The van der Waals surface area contributed by atoms with Gasteiger partial charge in [0, 0.05) is 12.0 Å². The third-order valence-corrected chi connectivity index (χ3v) is 5.47. The van der Waals surface area contributed by atoms with Crippen LogP contribution in [0.15, 0.2) is 24.3 Å². The molecule has 110 valence electrons. The molecule has 2 aliphatic rings. The number of aliphatic hydroxyl groups is 1. The third-order valence-electron chi connectivity index (χ3n) is 5.47. The molecule has 1 aromatic carbocycles. The molecule has 2 aliphatic carbocycles. The maximum atomic E-state index is 9.91. The molecular weight excluding hydrogens is 246 g/mol. The summed E-state index contributed by atoms with van der Waals surface area (Å²) in [6.07, 6.45) is 10.3. The highest BCUT2D eigenvalue weighted by atomic mass is 16.3. The fourth-order valence-electron chi connectivity index (χ4n) is 3.64. The highest BCUT2D eigenvalue weighted by molar-refractivity contribution is 5.30. The zero-order chi connectivity index (χ0) is 14.1. The van der Waals surface area contributed by atoms with E-state index in [1.54, 1.807) is 0 Å². The van der Waals surface area contributed by atoms with Crippen LogP contribution in [0, 0.1) is 0 Å². The zero-order valence-electron chi connectivity index (χ0n) is 12.4. The van der Waals surface area contributed by atoms with E-state index in [0.717, 1.165) is 32.2 Å². The Kier molecular flexibility index (Phi) is 3.87. The van der Waals surface area contributed by atoms with E-state index in [1.165, 1.54) is 43.2 Å². The maximum absolute atomic E-state index is 9.91. The lowest BCUT2D eigenvalue weighted by Gasteiger charge is -2.37. The van der Waals surface area contributed by atoms with Crippen molar-refractivity contribution in [3.8, 4) is 0 Å². The summed E-state index contributed by atoms with van der Waals surface area (Å²) in [5.74, 6) is 0. The monoisotopic (exact) mass is 273 g/mol. The van der Waals surface area contributed by atoms with Crippen molar-refractivity contribution in [2.45, 2.75) is 68.8 Å². The van der Waals surface area contributed by atoms with Gasteiger partial charge in [0.1, 0.15) is 0 Å². The van der Waals surface area contributed by atoms with Crippen molar-refractivity contribution in [1.82, 2.24) is 0 Å². The van der Waals surface area contributed by atoms with Crippen molar-refractivity contribution < 1.29 is 5.11 Å². The first-order valence-electron chi connectivity index (χ1n) is 8.18.